The first kappa shape index (κ1) is 23.3. The molecule has 0 unspecified atom stereocenters. The van der Waals surface area contributed by atoms with E-state index in [0.29, 0.717) is 6.54 Å². The molecule has 0 aliphatic rings. The van der Waals surface area contributed by atoms with Gasteiger partial charge in [0.2, 0.25) is 11.8 Å². The second-order valence-electron chi connectivity index (χ2n) is 8.12. The number of hydrogen-bond donors (Lipinski definition) is 5. The van der Waals surface area contributed by atoms with Crippen molar-refractivity contribution in [3.05, 3.63) is 0 Å². The summed E-state index contributed by atoms with van der Waals surface area (Å²) in [6.07, 6.45) is 0.122. The maximum atomic E-state index is 12.2. The van der Waals surface area contributed by atoms with E-state index in [1.54, 1.807) is 0 Å². The fourth-order valence-corrected chi connectivity index (χ4v) is 1.98. The van der Waals surface area contributed by atoms with Gasteiger partial charge in [-0.15, -0.1) is 0 Å². The van der Waals surface area contributed by atoms with Gasteiger partial charge in [-0.05, 0) is 48.0 Å². The molecule has 8 nitrogen and oxygen atoms in total. The third-order valence-corrected chi connectivity index (χ3v) is 3.10. The third kappa shape index (κ3) is 14.4. The average Bonchev–Trinajstić information content (AvgIpc) is 2.43. The molecule has 0 aliphatic heterocycles. The highest BCUT2D eigenvalue weighted by molar-refractivity contribution is 5.82. The number of amides is 2. The smallest absolute Gasteiger partial charge is 0.303 e. The summed E-state index contributed by atoms with van der Waals surface area (Å²) in [5.41, 5.74) is -0.450. The average molecular weight is 358 g/mol. The molecule has 0 aromatic rings. The molecule has 0 saturated carbocycles. The fraction of sp³-hybridized carbons (Fsp3) is 0.824. The molecular formula is C17H34N4O4. The molecule has 5 N–H and O–H groups in total. The summed E-state index contributed by atoms with van der Waals surface area (Å²) in [6.45, 7) is 12.5. The Hall–Kier alpha value is -1.67. The Kier molecular flexibility index (Phi) is 9.66. The summed E-state index contributed by atoms with van der Waals surface area (Å²) in [5, 5.41) is 20.5. The van der Waals surface area contributed by atoms with Gasteiger partial charge in [0.15, 0.2) is 0 Å². The minimum atomic E-state index is -0.938. The Morgan fingerprint density at radius 2 is 1.48 bits per heavy atom. The van der Waals surface area contributed by atoms with Gasteiger partial charge < -0.3 is 26.4 Å². The van der Waals surface area contributed by atoms with Crippen LogP contribution >= 0.6 is 0 Å². The minimum Gasteiger partial charge on any atom is -0.481 e. The summed E-state index contributed by atoms with van der Waals surface area (Å²) in [7, 11) is 0. The van der Waals surface area contributed by atoms with Crippen LogP contribution in [0, 0.1) is 0 Å². The molecule has 0 radical (unpaired) electrons. The zero-order chi connectivity index (χ0) is 19.7. The van der Waals surface area contributed by atoms with Gasteiger partial charge in [-0.3, -0.25) is 14.4 Å². The van der Waals surface area contributed by atoms with E-state index in [0.717, 1.165) is 0 Å². The number of carboxylic acids is 1. The number of carbonyl (C=O) groups excluding carboxylic acids is 2. The molecule has 0 aromatic heterocycles. The lowest BCUT2D eigenvalue weighted by molar-refractivity contribution is -0.137. The van der Waals surface area contributed by atoms with Crippen LogP contribution in [-0.4, -0.2) is 59.6 Å². The van der Waals surface area contributed by atoms with Gasteiger partial charge in [-0.25, -0.2) is 0 Å². The highest BCUT2D eigenvalue weighted by Crippen LogP contribution is 2.06. The SMILES string of the molecule is CC(C)(C)NCC(=O)NCCNC(=O)[C@H](CCC(=O)O)NC(C)(C)C. The topological polar surface area (TPSA) is 120 Å². The Balaban J connectivity index is 4.24. The monoisotopic (exact) mass is 358 g/mol. The summed E-state index contributed by atoms with van der Waals surface area (Å²) < 4.78 is 0. The third-order valence-electron chi connectivity index (χ3n) is 3.10. The summed E-state index contributed by atoms with van der Waals surface area (Å²) in [5.74, 6) is -1.34. The fourth-order valence-electron chi connectivity index (χ4n) is 1.98. The van der Waals surface area contributed by atoms with Crippen molar-refractivity contribution in [2.45, 2.75) is 71.5 Å². The number of nitrogens with one attached hydrogen (secondary N) is 4. The molecule has 146 valence electrons. The van der Waals surface area contributed by atoms with Crippen LogP contribution in [0.15, 0.2) is 0 Å². The predicted molar refractivity (Wildman–Crippen MR) is 97.3 cm³/mol. The van der Waals surface area contributed by atoms with Crippen molar-refractivity contribution in [2.75, 3.05) is 19.6 Å². The van der Waals surface area contributed by atoms with E-state index >= 15 is 0 Å². The van der Waals surface area contributed by atoms with Gasteiger partial charge in [-0.1, -0.05) is 0 Å². The van der Waals surface area contributed by atoms with Crippen molar-refractivity contribution in [3.8, 4) is 0 Å². The first-order valence-corrected chi connectivity index (χ1v) is 8.59. The van der Waals surface area contributed by atoms with E-state index in [1.807, 2.05) is 41.5 Å². The second-order valence-corrected chi connectivity index (χ2v) is 8.12. The summed E-state index contributed by atoms with van der Waals surface area (Å²) in [6, 6.07) is -0.589. The first-order chi connectivity index (χ1) is 11.3. The molecule has 0 saturated heterocycles. The molecule has 0 spiro atoms. The van der Waals surface area contributed by atoms with Gasteiger partial charge in [0, 0.05) is 30.6 Å². The molecule has 0 aromatic carbocycles. The van der Waals surface area contributed by atoms with E-state index in [2.05, 4.69) is 21.3 Å². The van der Waals surface area contributed by atoms with Crippen LogP contribution < -0.4 is 21.3 Å². The maximum Gasteiger partial charge on any atom is 0.303 e. The van der Waals surface area contributed by atoms with Crippen LogP contribution in [-0.2, 0) is 14.4 Å². The lowest BCUT2D eigenvalue weighted by Gasteiger charge is -2.27. The molecule has 25 heavy (non-hydrogen) atoms. The van der Waals surface area contributed by atoms with Crippen molar-refractivity contribution < 1.29 is 19.5 Å². The van der Waals surface area contributed by atoms with E-state index < -0.39 is 12.0 Å². The van der Waals surface area contributed by atoms with E-state index in [4.69, 9.17) is 5.11 Å². The van der Waals surface area contributed by atoms with Gasteiger partial charge in [0.05, 0.1) is 12.6 Å². The zero-order valence-corrected chi connectivity index (χ0v) is 16.3. The highest BCUT2D eigenvalue weighted by atomic mass is 16.4. The van der Waals surface area contributed by atoms with Crippen LogP contribution in [0.4, 0.5) is 0 Å². The number of carboxylic acid groups (broad SMARTS) is 1. The van der Waals surface area contributed by atoms with E-state index in [9.17, 15) is 14.4 Å². The van der Waals surface area contributed by atoms with Crippen molar-refractivity contribution in [3.63, 3.8) is 0 Å². The van der Waals surface area contributed by atoms with Crippen LogP contribution in [0.3, 0.4) is 0 Å². The number of aliphatic carboxylic acids is 1. The number of carbonyl (C=O) groups is 3. The first-order valence-electron chi connectivity index (χ1n) is 8.59. The molecule has 0 aliphatic carbocycles. The molecule has 0 bridgehead atoms. The van der Waals surface area contributed by atoms with Crippen LogP contribution in [0.2, 0.25) is 0 Å². The van der Waals surface area contributed by atoms with E-state index in [-0.39, 0.29) is 48.8 Å². The van der Waals surface area contributed by atoms with Gasteiger partial charge in [0.25, 0.3) is 0 Å². The van der Waals surface area contributed by atoms with Crippen molar-refractivity contribution in [2.24, 2.45) is 0 Å². The molecule has 2 amide bonds. The van der Waals surface area contributed by atoms with Crippen molar-refractivity contribution in [1.82, 2.24) is 21.3 Å². The standard InChI is InChI=1S/C17H34N4O4/c1-16(2,3)20-11-13(22)18-9-10-19-15(25)12(7-8-14(23)24)21-17(4,5)6/h12,20-21H,7-11H2,1-6H3,(H,18,22)(H,19,25)(H,23,24)/t12-/m0/s1. The Morgan fingerprint density at radius 1 is 0.920 bits per heavy atom. The van der Waals surface area contributed by atoms with Crippen LogP contribution in [0.1, 0.15) is 54.4 Å². The summed E-state index contributed by atoms with van der Waals surface area (Å²) in [4.78, 5) is 34.7. The quantitative estimate of drug-likeness (QED) is 0.357. The lowest BCUT2D eigenvalue weighted by atomic mass is 10.0. The van der Waals surface area contributed by atoms with Gasteiger partial charge in [0.1, 0.15) is 0 Å². The number of rotatable bonds is 10. The molecule has 1 atom stereocenters. The van der Waals surface area contributed by atoms with Gasteiger partial charge in [-0.2, -0.15) is 0 Å². The van der Waals surface area contributed by atoms with Crippen molar-refractivity contribution >= 4 is 17.8 Å². The minimum absolute atomic E-state index is 0.0869. The largest absolute Gasteiger partial charge is 0.481 e. The normalized spacial score (nSPS) is 13.2. The Labute approximate surface area is 150 Å². The summed E-state index contributed by atoms with van der Waals surface area (Å²) >= 11 is 0. The second kappa shape index (κ2) is 10.4. The molecule has 0 heterocycles. The highest BCUT2D eigenvalue weighted by Gasteiger charge is 2.24. The maximum absolute atomic E-state index is 12.2. The van der Waals surface area contributed by atoms with Crippen LogP contribution in [0.25, 0.3) is 0 Å². The molecular weight excluding hydrogens is 324 g/mol. The van der Waals surface area contributed by atoms with Crippen LogP contribution in [0.5, 0.6) is 0 Å². The molecule has 0 fully saturated rings. The number of hydrogen-bond acceptors (Lipinski definition) is 5. The molecule has 0 rings (SSSR count). The molecule has 8 heteroatoms. The predicted octanol–water partition coefficient (Wildman–Crippen LogP) is 0.228. The van der Waals surface area contributed by atoms with Gasteiger partial charge >= 0.3 is 5.97 Å². The van der Waals surface area contributed by atoms with E-state index in [1.165, 1.54) is 0 Å². The zero-order valence-electron chi connectivity index (χ0n) is 16.3. The van der Waals surface area contributed by atoms with Crippen molar-refractivity contribution in [1.29, 1.82) is 0 Å². The lowest BCUT2D eigenvalue weighted by Crippen LogP contribution is -2.52. The Bertz CT molecular complexity index is 453. The Morgan fingerprint density at radius 3 is 1.96 bits per heavy atom.